The van der Waals surface area contributed by atoms with E-state index in [1.54, 1.807) is 36.2 Å². The van der Waals surface area contributed by atoms with Gasteiger partial charge in [0.25, 0.3) is 5.91 Å². The van der Waals surface area contributed by atoms with Crippen LogP contribution in [0.15, 0.2) is 30.5 Å². The number of piperidine rings is 1. The van der Waals surface area contributed by atoms with Crippen molar-refractivity contribution in [3.63, 3.8) is 0 Å². The molecule has 43 heavy (non-hydrogen) atoms. The Morgan fingerprint density at radius 3 is 2.28 bits per heavy atom. The molecule has 1 aliphatic heterocycles. The van der Waals surface area contributed by atoms with Gasteiger partial charge in [-0.2, -0.15) is 31.3 Å². The van der Waals surface area contributed by atoms with Crippen molar-refractivity contribution in [1.82, 2.24) is 25.1 Å². The molecule has 0 unspecified atom stereocenters. The lowest BCUT2D eigenvalue weighted by molar-refractivity contribution is -0.140. The van der Waals surface area contributed by atoms with Crippen LogP contribution in [0.1, 0.15) is 55.5 Å². The van der Waals surface area contributed by atoms with E-state index in [1.807, 2.05) is 12.4 Å². The Labute approximate surface area is 246 Å². The predicted molar refractivity (Wildman–Crippen MR) is 150 cm³/mol. The molecule has 2 atom stereocenters. The quantitative estimate of drug-likeness (QED) is 0.346. The third-order valence-electron chi connectivity index (χ3n) is 7.68. The molecule has 2 heterocycles. The Morgan fingerprint density at radius 2 is 1.67 bits per heavy atom. The van der Waals surface area contributed by atoms with Gasteiger partial charge in [0.15, 0.2) is 0 Å². The highest BCUT2D eigenvalue weighted by atomic mass is 19.4. The van der Waals surface area contributed by atoms with E-state index in [-0.39, 0.29) is 38.2 Å². The predicted octanol–water partition coefficient (Wildman–Crippen LogP) is 5.30. The molecule has 1 saturated heterocycles. The highest BCUT2D eigenvalue weighted by molar-refractivity contribution is 5.94. The minimum Gasteiger partial charge on any atom is -0.366 e. The fourth-order valence-corrected chi connectivity index (χ4v) is 5.28. The molecule has 0 bridgehead atoms. The molecule has 9 nitrogen and oxygen atoms in total. The summed E-state index contributed by atoms with van der Waals surface area (Å²) in [5.74, 6) is -2.76. The second kappa shape index (κ2) is 13.8. The molecule has 1 aliphatic carbocycles. The first-order valence-electron chi connectivity index (χ1n) is 13.6. The van der Waals surface area contributed by atoms with Crippen molar-refractivity contribution in [2.75, 3.05) is 44.4 Å². The molecule has 0 radical (unpaired) electrons. The van der Waals surface area contributed by atoms with Crippen LogP contribution in [0.4, 0.5) is 43.8 Å². The number of amides is 2. The zero-order valence-electron chi connectivity index (χ0n) is 23.1. The normalized spacial score (nSPS) is 19.8. The number of aromatic nitrogens is 2. The molecule has 3 N–H and O–H groups in total. The van der Waals surface area contributed by atoms with Crippen LogP contribution in [0.25, 0.3) is 0 Å². The standard InChI is InChI=1S/C27H33F6N7O2.CH4/c1-39-12-10-18(11-13-39)40(2)24(42)16-6-8-17(9-7-16)36-25-34-14-20(27(31,32)33)22(38-25)37-21-5-3-4-19(21)23(41)35-15-26(28,29)30;/h6-9,14,18-19,21H,3-5,10-13,15H2,1-2H3,(H,35,41)(H2,34,36,37,38);1H4/t19-,21+;/m0./s1. The van der Waals surface area contributed by atoms with Crippen LogP contribution in [0, 0.1) is 5.92 Å². The number of carbonyl (C=O) groups is 2. The molecule has 2 amide bonds. The SMILES string of the molecule is C.CN1CCC(N(C)C(=O)c2ccc(Nc3ncc(C(F)(F)F)c(N[C@@H]4CCC[C@@H]4C(=O)NCC(F)(F)F)n3)cc2)CC1. The van der Waals surface area contributed by atoms with Crippen LogP contribution in [0.2, 0.25) is 0 Å². The van der Waals surface area contributed by atoms with Gasteiger partial charge in [-0.1, -0.05) is 13.8 Å². The molecule has 15 heteroatoms. The van der Waals surface area contributed by atoms with Crippen molar-refractivity contribution < 1.29 is 35.9 Å². The maximum absolute atomic E-state index is 13.7. The van der Waals surface area contributed by atoms with E-state index in [0.29, 0.717) is 23.9 Å². The molecule has 4 rings (SSSR count). The Balaban J connectivity index is 0.00000506. The van der Waals surface area contributed by atoms with Crippen molar-refractivity contribution in [2.45, 2.75) is 64.0 Å². The third-order valence-corrected chi connectivity index (χ3v) is 7.68. The summed E-state index contributed by atoms with van der Waals surface area (Å²) in [6.45, 7) is 0.285. The van der Waals surface area contributed by atoms with Crippen LogP contribution in [-0.2, 0) is 11.0 Å². The lowest BCUT2D eigenvalue weighted by atomic mass is 10.0. The van der Waals surface area contributed by atoms with Gasteiger partial charge in [-0.25, -0.2) is 4.98 Å². The van der Waals surface area contributed by atoms with Crippen LogP contribution < -0.4 is 16.0 Å². The van der Waals surface area contributed by atoms with Gasteiger partial charge in [-0.05, 0) is 70.1 Å². The van der Waals surface area contributed by atoms with Gasteiger partial charge < -0.3 is 25.8 Å². The number of hydrogen-bond donors (Lipinski definition) is 3. The van der Waals surface area contributed by atoms with Crippen molar-refractivity contribution in [2.24, 2.45) is 5.92 Å². The molecule has 1 aromatic heterocycles. The summed E-state index contributed by atoms with van der Waals surface area (Å²) in [5.41, 5.74) is -0.300. The molecule has 2 aliphatic rings. The first kappa shape index (κ1) is 33.9. The molecule has 0 spiro atoms. The first-order chi connectivity index (χ1) is 19.7. The number of rotatable bonds is 8. The number of hydrogen-bond acceptors (Lipinski definition) is 7. The molecule has 1 aromatic carbocycles. The number of benzene rings is 1. The van der Waals surface area contributed by atoms with Gasteiger partial charge in [0.1, 0.15) is 17.9 Å². The molecule has 2 aromatic rings. The fraction of sp³-hybridized carbons (Fsp3) is 0.571. The Bertz CT molecular complexity index is 1250. The minimum atomic E-state index is -4.82. The lowest BCUT2D eigenvalue weighted by Crippen LogP contribution is -2.44. The third kappa shape index (κ3) is 8.94. The van der Waals surface area contributed by atoms with Gasteiger partial charge in [0, 0.05) is 36.6 Å². The van der Waals surface area contributed by atoms with Gasteiger partial charge in [-0.3, -0.25) is 9.59 Å². The number of likely N-dealkylation sites (tertiary alicyclic amines) is 1. The number of carbonyl (C=O) groups excluding carboxylic acids is 2. The number of nitrogens with zero attached hydrogens (tertiary/aromatic N) is 4. The molecule has 238 valence electrons. The number of alkyl halides is 6. The maximum atomic E-state index is 13.7. The van der Waals surface area contributed by atoms with Gasteiger partial charge in [0.2, 0.25) is 11.9 Å². The van der Waals surface area contributed by atoms with Crippen molar-refractivity contribution in [1.29, 1.82) is 0 Å². The highest BCUT2D eigenvalue weighted by Gasteiger charge is 2.39. The van der Waals surface area contributed by atoms with E-state index in [1.165, 1.54) is 0 Å². The highest BCUT2D eigenvalue weighted by Crippen LogP contribution is 2.37. The van der Waals surface area contributed by atoms with E-state index in [4.69, 9.17) is 0 Å². The number of halogens is 6. The van der Waals surface area contributed by atoms with Crippen molar-refractivity contribution in [3.05, 3.63) is 41.6 Å². The van der Waals surface area contributed by atoms with Gasteiger partial charge in [0.05, 0.1) is 5.92 Å². The topological polar surface area (TPSA) is 102 Å². The summed E-state index contributed by atoms with van der Waals surface area (Å²) in [7, 11) is 3.81. The van der Waals surface area contributed by atoms with Crippen LogP contribution in [-0.4, -0.2) is 83.6 Å². The Morgan fingerprint density at radius 1 is 1.02 bits per heavy atom. The Kier molecular flexibility index (Phi) is 10.9. The van der Waals surface area contributed by atoms with Crippen LogP contribution in [0.5, 0.6) is 0 Å². The molecular formula is C28H37F6N7O2. The van der Waals surface area contributed by atoms with Crippen molar-refractivity contribution >= 4 is 29.3 Å². The van der Waals surface area contributed by atoms with E-state index >= 15 is 0 Å². The lowest BCUT2D eigenvalue weighted by Gasteiger charge is -2.35. The summed E-state index contributed by atoms with van der Waals surface area (Å²) in [6.07, 6.45) is -6.15. The second-order valence-electron chi connectivity index (χ2n) is 10.7. The van der Waals surface area contributed by atoms with E-state index in [2.05, 4.69) is 25.5 Å². The van der Waals surface area contributed by atoms with E-state index < -0.39 is 48.1 Å². The largest absolute Gasteiger partial charge is 0.421 e. The summed E-state index contributed by atoms with van der Waals surface area (Å²) in [5, 5.41) is 7.26. The molecule has 2 fully saturated rings. The summed E-state index contributed by atoms with van der Waals surface area (Å²) < 4.78 is 78.9. The average Bonchev–Trinajstić information content (AvgIpc) is 3.39. The van der Waals surface area contributed by atoms with Gasteiger partial charge in [-0.15, -0.1) is 0 Å². The first-order valence-corrected chi connectivity index (χ1v) is 13.6. The average molecular weight is 618 g/mol. The summed E-state index contributed by atoms with van der Waals surface area (Å²) >= 11 is 0. The fourth-order valence-electron chi connectivity index (χ4n) is 5.28. The van der Waals surface area contributed by atoms with E-state index in [9.17, 15) is 35.9 Å². The number of nitrogens with one attached hydrogen (secondary N) is 3. The molecule has 1 saturated carbocycles. The monoisotopic (exact) mass is 617 g/mol. The zero-order chi connectivity index (χ0) is 30.7. The second-order valence-corrected chi connectivity index (χ2v) is 10.7. The minimum absolute atomic E-state index is 0. The van der Waals surface area contributed by atoms with Gasteiger partial charge >= 0.3 is 12.4 Å². The van der Waals surface area contributed by atoms with E-state index in [0.717, 1.165) is 25.9 Å². The number of anilines is 3. The Hall–Kier alpha value is -3.62. The molecular weight excluding hydrogens is 580 g/mol. The van der Waals surface area contributed by atoms with Crippen LogP contribution >= 0.6 is 0 Å². The van der Waals surface area contributed by atoms with Crippen LogP contribution in [0.3, 0.4) is 0 Å². The summed E-state index contributed by atoms with van der Waals surface area (Å²) in [6, 6.07) is 5.65. The zero-order valence-corrected chi connectivity index (χ0v) is 23.1. The smallest absolute Gasteiger partial charge is 0.366 e. The summed E-state index contributed by atoms with van der Waals surface area (Å²) in [4.78, 5) is 37.0. The maximum Gasteiger partial charge on any atom is 0.421 e. The van der Waals surface area contributed by atoms with Crippen molar-refractivity contribution in [3.8, 4) is 0 Å².